The number of carbonyl (C=O) groups is 1. The Balaban J connectivity index is 1.41. The summed E-state index contributed by atoms with van der Waals surface area (Å²) in [5.41, 5.74) is 0.989. The second-order valence-corrected chi connectivity index (χ2v) is 6.80. The number of nitrogens with one attached hydrogen (secondary N) is 2. The van der Waals surface area contributed by atoms with Crippen molar-refractivity contribution in [3.05, 3.63) is 54.2 Å². The van der Waals surface area contributed by atoms with Gasteiger partial charge in [-0.2, -0.15) is 0 Å². The molecule has 3 rings (SSSR count). The van der Waals surface area contributed by atoms with Crippen LogP contribution in [0.25, 0.3) is 0 Å². The number of piperazine rings is 1. The smallest absolute Gasteiger partial charge is 0.224 e. The van der Waals surface area contributed by atoms with Crippen LogP contribution in [0.15, 0.2) is 52.1 Å². The van der Waals surface area contributed by atoms with E-state index < -0.39 is 0 Å². The summed E-state index contributed by atoms with van der Waals surface area (Å²) in [7, 11) is 0. The number of rotatable bonds is 7. The number of aliphatic imine (C=N–C) groups is 1. The number of nitrogens with zero attached hydrogens (tertiary/aromatic N) is 3. The fraction of sp³-hybridized carbons (Fsp3) is 0.429. The van der Waals surface area contributed by atoms with E-state index in [2.05, 4.69) is 20.5 Å². The lowest BCUT2D eigenvalue weighted by Gasteiger charge is -2.36. The highest BCUT2D eigenvalue weighted by Crippen LogP contribution is 2.17. The quantitative estimate of drug-likeness (QED) is 0.550. The number of carbonyl (C=O) groups excluding carboxylic acids is 1. The van der Waals surface area contributed by atoms with E-state index >= 15 is 0 Å². The minimum Gasteiger partial charge on any atom is -0.467 e. The molecule has 1 saturated heterocycles. The van der Waals surface area contributed by atoms with Gasteiger partial charge in [0.05, 0.1) is 6.26 Å². The minimum absolute atomic E-state index is 0.123. The van der Waals surface area contributed by atoms with Crippen LogP contribution in [0.1, 0.15) is 19.1 Å². The van der Waals surface area contributed by atoms with Crippen molar-refractivity contribution in [2.45, 2.75) is 19.9 Å². The average Bonchev–Trinajstić information content (AvgIpc) is 3.26. The van der Waals surface area contributed by atoms with Crippen LogP contribution in [0.2, 0.25) is 0 Å². The number of hydrogen-bond donors (Lipinski definition) is 2. The number of guanidine groups is 1. The van der Waals surface area contributed by atoms with Crippen LogP contribution < -0.4 is 15.5 Å². The van der Waals surface area contributed by atoms with Crippen molar-refractivity contribution in [3.63, 3.8) is 0 Å². The van der Waals surface area contributed by atoms with Gasteiger partial charge < -0.3 is 24.9 Å². The van der Waals surface area contributed by atoms with Gasteiger partial charge >= 0.3 is 0 Å². The van der Waals surface area contributed by atoms with Crippen molar-refractivity contribution < 1.29 is 13.6 Å². The van der Waals surface area contributed by atoms with E-state index in [0.717, 1.165) is 31.1 Å². The Morgan fingerprint density at radius 3 is 2.55 bits per heavy atom. The topological polar surface area (TPSA) is 73.1 Å². The predicted molar refractivity (Wildman–Crippen MR) is 111 cm³/mol. The zero-order chi connectivity index (χ0) is 20.5. The molecule has 1 amide bonds. The first-order chi connectivity index (χ1) is 14.2. The first-order valence-corrected chi connectivity index (χ1v) is 9.98. The Morgan fingerprint density at radius 1 is 1.14 bits per heavy atom. The molecule has 1 aromatic carbocycles. The third kappa shape index (κ3) is 6.23. The van der Waals surface area contributed by atoms with Gasteiger partial charge in [-0.05, 0) is 43.3 Å². The van der Waals surface area contributed by atoms with E-state index in [1.807, 2.05) is 24.0 Å². The van der Waals surface area contributed by atoms with Crippen LogP contribution in [-0.4, -0.2) is 56.0 Å². The predicted octanol–water partition coefficient (Wildman–Crippen LogP) is 2.21. The second-order valence-electron chi connectivity index (χ2n) is 6.80. The van der Waals surface area contributed by atoms with Gasteiger partial charge in [-0.15, -0.1) is 0 Å². The van der Waals surface area contributed by atoms with Gasteiger partial charge in [0.2, 0.25) is 5.91 Å². The summed E-state index contributed by atoms with van der Waals surface area (Å²) < 4.78 is 18.4. The summed E-state index contributed by atoms with van der Waals surface area (Å²) in [4.78, 5) is 21.0. The number of halogens is 1. The lowest BCUT2D eigenvalue weighted by atomic mass is 10.2. The van der Waals surface area contributed by atoms with Crippen LogP contribution >= 0.6 is 0 Å². The van der Waals surface area contributed by atoms with Crippen molar-refractivity contribution in [3.8, 4) is 0 Å². The molecule has 0 unspecified atom stereocenters. The zero-order valence-electron chi connectivity index (χ0n) is 16.7. The molecule has 7 nitrogen and oxygen atoms in total. The van der Waals surface area contributed by atoms with E-state index in [1.165, 1.54) is 12.1 Å². The largest absolute Gasteiger partial charge is 0.467 e. The first-order valence-electron chi connectivity index (χ1n) is 9.98. The van der Waals surface area contributed by atoms with Gasteiger partial charge in [0, 0.05) is 51.4 Å². The molecule has 1 fully saturated rings. The number of furan rings is 1. The molecule has 0 saturated carbocycles. The molecular formula is C21H28FN5O2. The van der Waals surface area contributed by atoms with Crippen molar-refractivity contribution in [1.29, 1.82) is 0 Å². The monoisotopic (exact) mass is 401 g/mol. The highest BCUT2D eigenvalue weighted by Gasteiger charge is 2.21. The van der Waals surface area contributed by atoms with Gasteiger partial charge in [-0.25, -0.2) is 9.38 Å². The number of hydrogen-bond acceptors (Lipinski definition) is 4. The van der Waals surface area contributed by atoms with Gasteiger partial charge in [0.25, 0.3) is 0 Å². The van der Waals surface area contributed by atoms with Gasteiger partial charge in [0.1, 0.15) is 18.1 Å². The molecule has 1 aliphatic heterocycles. The molecule has 0 radical (unpaired) electrons. The molecule has 156 valence electrons. The molecule has 0 spiro atoms. The van der Waals surface area contributed by atoms with Crippen LogP contribution in [0, 0.1) is 5.82 Å². The van der Waals surface area contributed by atoms with Gasteiger partial charge in [-0.1, -0.05) is 0 Å². The Kier molecular flexibility index (Phi) is 7.49. The molecule has 2 heterocycles. The maximum atomic E-state index is 13.1. The Hall–Kier alpha value is -3.03. The van der Waals surface area contributed by atoms with E-state index in [4.69, 9.17) is 4.42 Å². The standard InChI is InChI=1S/C21H28FN5O2/c1-2-23-21(25-16-19-4-3-15-29-19)24-10-9-20(28)27-13-11-26(12-14-27)18-7-5-17(22)6-8-18/h3-8,15H,2,9-14,16H2,1H3,(H2,23,24,25). The molecule has 0 aliphatic carbocycles. The third-order valence-electron chi connectivity index (χ3n) is 4.77. The number of amides is 1. The highest BCUT2D eigenvalue weighted by atomic mass is 19.1. The molecule has 0 atom stereocenters. The van der Waals surface area contributed by atoms with Crippen LogP contribution in [-0.2, 0) is 11.3 Å². The summed E-state index contributed by atoms with van der Waals surface area (Å²) in [5, 5.41) is 6.36. The van der Waals surface area contributed by atoms with Crippen LogP contribution in [0.3, 0.4) is 0 Å². The molecule has 29 heavy (non-hydrogen) atoms. The van der Waals surface area contributed by atoms with Crippen molar-refractivity contribution in [2.75, 3.05) is 44.2 Å². The third-order valence-corrected chi connectivity index (χ3v) is 4.77. The van der Waals surface area contributed by atoms with Crippen molar-refractivity contribution in [1.82, 2.24) is 15.5 Å². The maximum absolute atomic E-state index is 13.1. The summed E-state index contributed by atoms with van der Waals surface area (Å²) in [5.74, 6) is 1.34. The van der Waals surface area contributed by atoms with Gasteiger partial charge in [-0.3, -0.25) is 4.79 Å². The normalized spacial score (nSPS) is 14.8. The van der Waals surface area contributed by atoms with E-state index in [9.17, 15) is 9.18 Å². The Bertz CT molecular complexity index is 784. The van der Waals surface area contributed by atoms with Crippen LogP contribution in [0.4, 0.5) is 10.1 Å². The Labute approximate surface area is 170 Å². The fourth-order valence-corrected chi connectivity index (χ4v) is 3.21. The Morgan fingerprint density at radius 2 is 1.90 bits per heavy atom. The minimum atomic E-state index is -0.236. The summed E-state index contributed by atoms with van der Waals surface area (Å²) in [6.07, 6.45) is 2.03. The molecule has 8 heteroatoms. The van der Waals surface area contributed by atoms with E-state index in [0.29, 0.717) is 38.6 Å². The highest BCUT2D eigenvalue weighted by molar-refractivity contribution is 5.81. The van der Waals surface area contributed by atoms with Crippen LogP contribution in [0.5, 0.6) is 0 Å². The maximum Gasteiger partial charge on any atom is 0.224 e. The molecular weight excluding hydrogens is 373 g/mol. The molecule has 1 aliphatic rings. The van der Waals surface area contributed by atoms with Crippen molar-refractivity contribution in [2.24, 2.45) is 4.99 Å². The summed E-state index contributed by atoms with van der Waals surface area (Å²) in [6, 6.07) is 10.2. The number of benzene rings is 1. The lowest BCUT2D eigenvalue weighted by molar-refractivity contribution is -0.131. The first kappa shape index (κ1) is 20.7. The molecule has 1 aromatic heterocycles. The summed E-state index contributed by atoms with van der Waals surface area (Å²) >= 11 is 0. The lowest BCUT2D eigenvalue weighted by Crippen LogP contribution is -2.49. The average molecular weight is 401 g/mol. The zero-order valence-corrected chi connectivity index (χ0v) is 16.7. The molecule has 2 aromatic rings. The second kappa shape index (κ2) is 10.5. The molecule has 0 bridgehead atoms. The van der Waals surface area contributed by atoms with Gasteiger partial charge in [0.15, 0.2) is 5.96 Å². The fourth-order valence-electron chi connectivity index (χ4n) is 3.21. The van der Waals surface area contributed by atoms with E-state index in [-0.39, 0.29) is 11.7 Å². The molecule has 2 N–H and O–H groups in total. The summed E-state index contributed by atoms with van der Waals surface area (Å²) in [6.45, 7) is 6.53. The SMILES string of the molecule is CCNC(=NCc1ccco1)NCCC(=O)N1CCN(c2ccc(F)cc2)CC1. The van der Waals surface area contributed by atoms with E-state index in [1.54, 1.807) is 18.4 Å². The van der Waals surface area contributed by atoms with Crippen molar-refractivity contribution >= 4 is 17.6 Å². The number of anilines is 1.